The fraction of sp³-hybridized carbons (Fsp3) is 0.417. The van der Waals surface area contributed by atoms with Gasteiger partial charge in [-0.15, -0.1) is 0 Å². The van der Waals surface area contributed by atoms with Gasteiger partial charge in [0.05, 0.1) is 11.4 Å². The second-order valence-corrected chi connectivity index (χ2v) is 4.05. The number of hydrogen-bond acceptors (Lipinski definition) is 3. The van der Waals surface area contributed by atoms with Crippen LogP contribution in [0.5, 0.6) is 0 Å². The molecule has 5 nitrogen and oxygen atoms in total. The molecule has 5 heteroatoms. The molecule has 0 unspecified atom stereocenters. The summed E-state index contributed by atoms with van der Waals surface area (Å²) < 4.78 is 2.76. The van der Waals surface area contributed by atoms with Gasteiger partial charge < -0.3 is 0 Å². The summed E-state index contributed by atoms with van der Waals surface area (Å²) in [5.74, 6) is 0. The maximum Gasteiger partial charge on any atom is 0.369 e. The molecule has 0 N–H and O–H groups in total. The van der Waals surface area contributed by atoms with Crippen molar-refractivity contribution in [1.82, 2.24) is 19.6 Å². The van der Waals surface area contributed by atoms with Crippen LogP contribution in [0.15, 0.2) is 18.5 Å². The Morgan fingerprint density at radius 2 is 2.18 bits per heavy atom. The molecule has 2 rings (SSSR count). The molecule has 2 heterocycles. The van der Waals surface area contributed by atoms with Crippen LogP contribution >= 0.6 is 0 Å². The fourth-order valence-corrected chi connectivity index (χ4v) is 1.82. The van der Waals surface area contributed by atoms with Crippen LogP contribution in [0.1, 0.15) is 30.3 Å². The Bertz CT molecular complexity index is 525. The highest BCUT2D eigenvalue weighted by atomic mass is 16.2. The van der Waals surface area contributed by atoms with Crippen molar-refractivity contribution in [2.45, 2.75) is 33.6 Å². The Labute approximate surface area is 100 Å². The molecule has 0 saturated carbocycles. The molecule has 0 amide bonds. The Morgan fingerprint density at radius 3 is 2.76 bits per heavy atom. The van der Waals surface area contributed by atoms with Crippen molar-refractivity contribution in [2.75, 3.05) is 0 Å². The van der Waals surface area contributed by atoms with E-state index in [-0.39, 0.29) is 6.03 Å². The van der Waals surface area contributed by atoms with Crippen LogP contribution in [0.2, 0.25) is 0 Å². The smallest absolute Gasteiger partial charge is 0.244 e. The van der Waals surface area contributed by atoms with E-state index in [1.54, 1.807) is 18.5 Å². The van der Waals surface area contributed by atoms with Gasteiger partial charge >= 0.3 is 6.03 Å². The van der Waals surface area contributed by atoms with Crippen molar-refractivity contribution in [3.05, 3.63) is 35.4 Å². The zero-order chi connectivity index (χ0) is 12.4. The molecule has 0 bridgehead atoms. The molecule has 2 aromatic heterocycles. The predicted molar refractivity (Wildman–Crippen MR) is 64.1 cm³/mol. The second kappa shape index (κ2) is 4.53. The van der Waals surface area contributed by atoms with E-state index >= 15 is 0 Å². The summed E-state index contributed by atoms with van der Waals surface area (Å²) in [6.07, 6.45) is 5.04. The summed E-state index contributed by atoms with van der Waals surface area (Å²) in [6, 6.07) is 1.50. The predicted octanol–water partition coefficient (Wildman–Crippen LogP) is 2.17. The third kappa shape index (κ3) is 2.00. The van der Waals surface area contributed by atoms with Crippen molar-refractivity contribution in [3.8, 4) is 0 Å². The van der Waals surface area contributed by atoms with Gasteiger partial charge in [-0.25, -0.2) is 4.79 Å². The van der Waals surface area contributed by atoms with E-state index in [4.69, 9.17) is 0 Å². The molecule has 0 radical (unpaired) electrons. The average Bonchev–Trinajstić information content (AvgIpc) is 2.92. The highest BCUT2D eigenvalue weighted by molar-refractivity contribution is 5.78. The first-order valence-electron chi connectivity index (χ1n) is 5.74. The molecule has 2 aromatic rings. The maximum atomic E-state index is 12.2. The topological polar surface area (TPSA) is 52.7 Å². The van der Waals surface area contributed by atoms with Crippen LogP contribution in [0.3, 0.4) is 0 Å². The summed E-state index contributed by atoms with van der Waals surface area (Å²) in [4.78, 5) is 12.2. The molecule has 0 aliphatic carbocycles. The van der Waals surface area contributed by atoms with Gasteiger partial charge in [-0.3, -0.25) is 0 Å². The first-order valence-corrected chi connectivity index (χ1v) is 5.74. The van der Waals surface area contributed by atoms with Crippen molar-refractivity contribution in [2.24, 2.45) is 0 Å². The highest BCUT2D eigenvalue weighted by Gasteiger charge is 2.17. The summed E-state index contributed by atoms with van der Waals surface area (Å²) in [6.45, 7) is 6.01. The van der Waals surface area contributed by atoms with Crippen LogP contribution in [-0.4, -0.2) is 25.6 Å². The van der Waals surface area contributed by atoms with Crippen molar-refractivity contribution >= 4 is 6.03 Å². The highest BCUT2D eigenvalue weighted by Crippen LogP contribution is 2.14. The number of carbonyl (C=O) groups is 1. The largest absolute Gasteiger partial charge is 0.369 e. The second-order valence-electron chi connectivity index (χ2n) is 4.05. The van der Waals surface area contributed by atoms with Crippen LogP contribution in [0.25, 0.3) is 0 Å². The van der Waals surface area contributed by atoms with Gasteiger partial charge in [0, 0.05) is 12.4 Å². The Balaban J connectivity index is 2.45. The number of aromatic nitrogens is 4. The molecule has 0 atom stereocenters. The van der Waals surface area contributed by atoms with Crippen LogP contribution in [0.4, 0.5) is 4.79 Å². The SMILES string of the molecule is CCCc1c(C)c(C)nn1C(=O)n1cccn1. The van der Waals surface area contributed by atoms with E-state index in [1.165, 1.54) is 9.36 Å². The fourth-order valence-electron chi connectivity index (χ4n) is 1.82. The van der Waals surface area contributed by atoms with Gasteiger partial charge in [0.25, 0.3) is 0 Å². The van der Waals surface area contributed by atoms with E-state index in [9.17, 15) is 4.79 Å². The number of nitrogens with zero attached hydrogens (tertiary/aromatic N) is 4. The van der Waals surface area contributed by atoms with Crippen molar-refractivity contribution in [1.29, 1.82) is 0 Å². The van der Waals surface area contributed by atoms with Crippen LogP contribution < -0.4 is 0 Å². The molecular weight excluding hydrogens is 216 g/mol. The quantitative estimate of drug-likeness (QED) is 0.797. The zero-order valence-electron chi connectivity index (χ0n) is 10.3. The Kier molecular flexibility index (Phi) is 3.08. The lowest BCUT2D eigenvalue weighted by Gasteiger charge is -2.05. The van der Waals surface area contributed by atoms with Crippen LogP contribution in [-0.2, 0) is 6.42 Å². The lowest BCUT2D eigenvalue weighted by molar-refractivity contribution is 0.237. The first-order chi connectivity index (χ1) is 8.15. The summed E-state index contributed by atoms with van der Waals surface area (Å²) in [5, 5.41) is 8.23. The van der Waals surface area contributed by atoms with Gasteiger partial charge in [-0.05, 0) is 31.9 Å². The maximum absolute atomic E-state index is 12.2. The molecule has 0 saturated heterocycles. The molecule has 17 heavy (non-hydrogen) atoms. The molecule has 0 fully saturated rings. The Hall–Kier alpha value is -1.91. The Morgan fingerprint density at radius 1 is 1.41 bits per heavy atom. The summed E-state index contributed by atoms with van der Waals surface area (Å²) in [5.41, 5.74) is 2.96. The van der Waals surface area contributed by atoms with E-state index in [2.05, 4.69) is 17.1 Å². The number of rotatable bonds is 2. The molecular formula is C12H16N4O. The normalized spacial score (nSPS) is 10.8. The molecule has 0 spiro atoms. The lowest BCUT2D eigenvalue weighted by Crippen LogP contribution is -2.23. The standard InChI is InChI=1S/C12H16N4O/c1-4-6-11-9(2)10(3)14-16(11)12(17)15-8-5-7-13-15/h5,7-8H,4,6H2,1-3H3. The van der Waals surface area contributed by atoms with E-state index < -0.39 is 0 Å². The minimum Gasteiger partial charge on any atom is -0.244 e. The number of carbonyl (C=O) groups excluding carboxylic acids is 1. The number of hydrogen-bond donors (Lipinski definition) is 0. The van der Waals surface area contributed by atoms with Gasteiger partial charge in [0.2, 0.25) is 0 Å². The average molecular weight is 232 g/mol. The van der Waals surface area contributed by atoms with Gasteiger partial charge in [0.1, 0.15) is 0 Å². The minimum absolute atomic E-state index is 0.227. The molecule has 0 aliphatic rings. The summed E-state index contributed by atoms with van der Waals surface area (Å²) >= 11 is 0. The third-order valence-corrected chi connectivity index (χ3v) is 2.85. The lowest BCUT2D eigenvalue weighted by atomic mass is 10.1. The summed E-state index contributed by atoms with van der Waals surface area (Å²) in [7, 11) is 0. The van der Waals surface area contributed by atoms with Crippen LogP contribution in [0, 0.1) is 13.8 Å². The number of aryl methyl sites for hydroxylation is 1. The van der Waals surface area contributed by atoms with Crippen molar-refractivity contribution < 1.29 is 4.79 Å². The van der Waals surface area contributed by atoms with Gasteiger partial charge in [-0.2, -0.15) is 19.6 Å². The van der Waals surface area contributed by atoms with E-state index in [1.807, 2.05) is 13.8 Å². The van der Waals surface area contributed by atoms with Gasteiger partial charge in [0.15, 0.2) is 0 Å². The molecule has 0 aromatic carbocycles. The van der Waals surface area contributed by atoms with E-state index in [0.717, 1.165) is 29.8 Å². The van der Waals surface area contributed by atoms with E-state index in [0.29, 0.717) is 0 Å². The molecule has 90 valence electrons. The van der Waals surface area contributed by atoms with Crippen molar-refractivity contribution in [3.63, 3.8) is 0 Å². The molecule has 0 aliphatic heterocycles. The third-order valence-electron chi connectivity index (χ3n) is 2.85. The monoisotopic (exact) mass is 232 g/mol. The minimum atomic E-state index is -0.227. The first kappa shape index (κ1) is 11.6. The van der Waals surface area contributed by atoms with Gasteiger partial charge in [-0.1, -0.05) is 13.3 Å². The zero-order valence-corrected chi connectivity index (χ0v) is 10.3.